The van der Waals surface area contributed by atoms with Crippen LogP contribution in [0.3, 0.4) is 0 Å². The van der Waals surface area contributed by atoms with Crippen LogP contribution < -0.4 is 34.9 Å². The van der Waals surface area contributed by atoms with Gasteiger partial charge in [0.1, 0.15) is 35.0 Å². The molecular weight excluding hydrogens is 542 g/mol. The first-order valence-corrected chi connectivity index (χ1v) is 14.8. The van der Waals surface area contributed by atoms with Crippen LogP contribution in [0.4, 0.5) is 17.3 Å². The van der Waals surface area contributed by atoms with Crippen LogP contribution in [0.15, 0.2) is 42.7 Å². The third-order valence-electron chi connectivity index (χ3n) is 7.42. The van der Waals surface area contributed by atoms with Gasteiger partial charge >= 0.3 is 0 Å². The van der Waals surface area contributed by atoms with Crippen molar-refractivity contribution in [1.29, 1.82) is 0 Å². The Balaban J connectivity index is 1.66. The summed E-state index contributed by atoms with van der Waals surface area (Å²) in [7, 11) is 6.57. The van der Waals surface area contributed by atoms with E-state index >= 15 is 0 Å². The molecule has 2 aromatic carbocycles. The van der Waals surface area contributed by atoms with Crippen LogP contribution in [0.1, 0.15) is 36.8 Å². The van der Waals surface area contributed by atoms with Crippen molar-refractivity contribution >= 4 is 29.4 Å². The van der Waals surface area contributed by atoms with E-state index in [9.17, 15) is 0 Å². The maximum atomic E-state index is 6.80. The summed E-state index contributed by atoms with van der Waals surface area (Å²) in [6, 6.07) is 11.8. The zero-order valence-corrected chi connectivity index (χ0v) is 25.3. The SMILES string of the molecule is COc1ccc(CN(Cc2ccc(OC)cc2OC)c2ncnc(NC3CCCC(COSC)C3)c2N)c(OC)c1. The molecule has 1 fully saturated rings. The molecule has 1 saturated carbocycles. The predicted molar refractivity (Wildman–Crippen MR) is 164 cm³/mol. The topological polar surface area (TPSA) is 113 Å². The molecule has 1 aromatic heterocycles. The van der Waals surface area contributed by atoms with E-state index in [1.54, 1.807) is 34.8 Å². The molecule has 10 nitrogen and oxygen atoms in total. The van der Waals surface area contributed by atoms with Crippen LogP contribution in [0.25, 0.3) is 0 Å². The number of aromatic nitrogens is 2. The minimum Gasteiger partial charge on any atom is -0.497 e. The lowest BCUT2D eigenvalue weighted by Gasteiger charge is -2.31. The van der Waals surface area contributed by atoms with Gasteiger partial charge in [-0.05, 0) is 61.5 Å². The zero-order chi connectivity index (χ0) is 29.2. The first-order valence-electron chi connectivity index (χ1n) is 13.7. The summed E-state index contributed by atoms with van der Waals surface area (Å²) in [5.41, 5.74) is 9.20. The number of nitrogens with zero attached hydrogens (tertiary/aromatic N) is 3. The molecule has 3 aromatic rings. The highest BCUT2D eigenvalue weighted by Crippen LogP contribution is 2.35. The first-order chi connectivity index (χ1) is 20.0. The highest BCUT2D eigenvalue weighted by atomic mass is 32.2. The summed E-state index contributed by atoms with van der Waals surface area (Å²) in [5, 5.41) is 3.61. The molecule has 1 aliphatic rings. The minimum atomic E-state index is 0.265. The maximum Gasteiger partial charge on any atom is 0.158 e. The van der Waals surface area contributed by atoms with Gasteiger partial charge in [0.15, 0.2) is 11.6 Å². The minimum absolute atomic E-state index is 0.265. The molecule has 0 saturated heterocycles. The molecule has 4 rings (SSSR count). The standard InChI is InChI=1S/C30H41N5O5S/c1-36-24-11-9-21(26(14-24)38-3)16-35(17-22-10-12-25(37-2)15-27(22)39-4)30-28(31)29(32-19-33-30)34-23-8-6-7-20(13-23)18-40-41-5/h9-12,14-15,19-20,23H,6-8,13,16-18,31H2,1-5H3,(H,32,33,34). The monoisotopic (exact) mass is 583 g/mol. The Kier molecular flexibility index (Phi) is 11.0. The quantitative estimate of drug-likeness (QED) is 0.232. The fourth-order valence-electron chi connectivity index (χ4n) is 5.27. The number of anilines is 3. The van der Waals surface area contributed by atoms with Gasteiger partial charge in [-0.3, -0.25) is 0 Å². The van der Waals surface area contributed by atoms with Gasteiger partial charge in [-0.25, -0.2) is 9.97 Å². The zero-order valence-electron chi connectivity index (χ0n) is 24.5. The first kappa shape index (κ1) is 30.4. The number of hydrogen-bond donors (Lipinski definition) is 2. The van der Waals surface area contributed by atoms with Crippen LogP contribution in [-0.2, 0) is 17.3 Å². The van der Waals surface area contributed by atoms with E-state index in [-0.39, 0.29) is 6.04 Å². The Morgan fingerprint density at radius 2 is 1.54 bits per heavy atom. The number of nitrogens with two attached hydrogens (primary N) is 1. The van der Waals surface area contributed by atoms with Crippen LogP contribution in [0, 0.1) is 5.92 Å². The van der Waals surface area contributed by atoms with Gasteiger partial charge in [0, 0.05) is 48.6 Å². The van der Waals surface area contributed by atoms with Crippen molar-refractivity contribution in [2.24, 2.45) is 5.92 Å². The van der Waals surface area contributed by atoms with Crippen molar-refractivity contribution in [2.45, 2.75) is 44.8 Å². The third-order valence-corrected chi connectivity index (χ3v) is 7.79. The summed E-state index contributed by atoms with van der Waals surface area (Å²) < 4.78 is 27.8. The van der Waals surface area contributed by atoms with Gasteiger partial charge in [0.05, 0.1) is 35.0 Å². The smallest absolute Gasteiger partial charge is 0.158 e. The molecule has 222 valence electrons. The van der Waals surface area contributed by atoms with Crippen molar-refractivity contribution in [3.63, 3.8) is 0 Å². The molecular formula is C30H41N5O5S. The van der Waals surface area contributed by atoms with Gasteiger partial charge in [-0.1, -0.05) is 6.42 Å². The molecule has 0 bridgehead atoms. The van der Waals surface area contributed by atoms with Gasteiger partial charge < -0.3 is 39.1 Å². The summed E-state index contributed by atoms with van der Waals surface area (Å²) in [4.78, 5) is 11.3. The van der Waals surface area contributed by atoms with Crippen LogP contribution in [0.5, 0.6) is 23.0 Å². The normalized spacial score (nSPS) is 16.6. The fourth-order valence-corrected chi connectivity index (χ4v) is 5.59. The molecule has 11 heteroatoms. The molecule has 0 amide bonds. The van der Waals surface area contributed by atoms with Crippen LogP contribution >= 0.6 is 12.0 Å². The van der Waals surface area contributed by atoms with Crippen molar-refractivity contribution in [2.75, 3.05) is 57.3 Å². The Morgan fingerprint density at radius 1 is 0.902 bits per heavy atom. The van der Waals surface area contributed by atoms with E-state index in [1.165, 1.54) is 18.5 Å². The van der Waals surface area contributed by atoms with Crippen molar-refractivity contribution < 1.29 is 23.1 Å². The van der Waals surface area contributed by atoms with Gasteiger partial charge in [0.25, 0.3) is 0 Å². The number of ether oxygens (including phenoxy) is 4. The van der Waals surface area contributed by atoms with Crippen molar-refractivity contribution in [3.8, 4) is 23.0 Å². The van der Waals surface area contributed by atoms with Crippen molar-refractivity contribution in [1.82, 2.24) is 9.97 Å². The average Bonchev–Trinajstić information content (AvgIpc) is 3.01. The summed E-state index contributed by atoms with van der Waals surface area (Å²) >= 11 is 1.42. The number of hydrogen-bond acceptors (Lipinski definition) is 11. The molecule has 41 heavy (non-hydrogen) atoms. The Bertz CT molecular complexity index is 1220. The van der Waals surface area contributed by atoms with Gasteiger partial charge in [-0.2, -0.15) is 0 Å². The molecule has 0 aliphatic heterocycles. The van der Waals surface area contributed by atoms with Gasteiger partial charge in [0.2, 0.25) is 0 Å². The average molecular weight is 584 g/mol. The van der Waals surface area contributed by atoms with E-state index < -0.39 is 0 Å². The molecule has 3 N–H and O–H groups in total. The van der Waals surface area contributed by atoms with Crippen LogP contribution in [0.2, 0.25) is 0 Å². The second kappa shape index (κ2) is 14.9. The molecule has 2 atom stereocenters. The number of benzene rings is 2. The van der Waals surface area contributed by atoms with E-state index in [0.717, 1.165) is 48.5 Å². The van der Waals surface area contributed by atoms with E-state index in [1.807, 2.05) is 42.7 Å². The molecule has 0 spiro atoms. The maximum absolute atomic E-state index is 6.80. The summed E-state index contributed by atoms with van der Waals surface area (Å²) in [6.07, 6.45) is 7.90. The Hall–Kier alpha value is -3.57. The molecule has 1 aliphatic carbocycles. The largest absolute Gasteiger partial charge is 0.497 e. The summed E-state index contributed by atoms with van der Waals surface area (Å²) in [5.74, 6) is 4.63. The lowest BCUT2D eigenvalue weighted by atomic mass is 9.86. The summed E-state index contributed by atoms with van der Waals surface area (Å²) in [6.45, 7) is 1.70. The second-order valence-corrected chi connectivity index (χ2v) is 10.6. The number of nitrogen functional groups attached to an aromatic ring is 1. The Morgan fingerprint density at radius 3 is 2.10 bits per heavy atom. The Labute approximate surface area is 247 Å². The van der Waals surface area contributed by atoms with E-state index in [0.29, 0.717) is 47.8 Å². The molecule has 2 unspecified atom stereocenters. The highest BCUT2D eigenvalue weighted by Gasteiger charge is 2.25. The van der Waals surface area contributed by atoms with Crippen LogP contribution in [-0.4, -0.2) is 57.3 Å². The number of methoxy groups -OCH3 is 4. The molecule has 0 radical (unpaired) electrons. The molecule has 1 heterocycles. The second-order valence-electron chi connectivity index (χ2n) is 10.00. The number of nitrogens with one attached hydrogen (secondary N) is 1. The van der Waals surface area contributed by atoms with E-state index in [4.69, 9.17) is 28.9 Å². The third kappa shape index (κ3) is 7.80. The lowest BCUT2D eigenvalue weighted by molar-refractivity contribution is 0.227. The lowest BCUT2D eigenvalue weighted by Crippen LogP contribution is -2.30. The number of rotatable bonds is 14. The highest BCUT2D eigenvalue weighted by molar-refractivity contribution is 7.93. The van der Waals surface area contributed by atoms with E-state index in [2.05, 4.69) is 20.2 Å². The fraction of sp³-hybridized carbons (Fsp3) is 0.467. The van der Waals surface area contributed by atoms with Gasteiger partial charge in [-0.15, -0.1) is 0 Å². The predicted octanol–water partition coefficient (Wildman–Crippen LogP) is 5.57. The van der Waals surface area contributed by atoms with Crippen molar-refractivity contribution in [3.05, 3.63) is 53.9 Å².